The van der Waals surface area contributed by atoms with Gasteiger partial charge in [0.25, 0.3) is 0 Å². The average molecular weight is 229 g/mol. The van der Waals surface area contributed by atoms with Crippen molar-refractivity contribution in [3.63, 3.8) is 0 Å². The molecule has 0 amide bonds. The number of nitrogens with zero attached hydrogens (tertiary/aromatic N) is 2. The van der Waals surface area contributed by atoms with Gasteiger partial charge in [-0.05, 0) is 31.2 Å². The third kappa shape index (κ3) is 2.17. The Hall–Kier alpha value is -1.81. The first-order valence-corrected chi connectivity index (χ1v) is 5.90. The molecule has 2 aromatic rings. The maximum Gasteiger partial charge on any atom is 0.145 e. The molecule has 1 aliphatic heterocycles. The Morgan fingerprint density at radius 1 is 1.29 bits per heavy atom. The van der Waals surface area contributed by atoms with Gasteiger partial charge in [-0.15, -0.1) is 0 Å². The fourth-order valence-electron chi connectivity index (χ4n) is 2.07. The van der Waals surface area contributed by atoms with E-state index in [0.29, 0.717) is 0 Å². The average Bonchev–Trinajstić information content (AvgIpc) is 3.01. The first kappa shape index (κ1) is 10.4. The fraction of sp³-hybridized carbons (Fsp3) is 0.308. The zero-order valence-corrected chi connectivity index (χ0v) is 9.54. The summed E-state index contributed by atoms with van der Waals surface area (Å²) in [4.78, 5) is 0. The van der Waals surface area contributed by atoms with Crippen molar-refractivity contribution < 1.29 is 4.74 Å². The van der Waals surface area contributed by atoms with Crippen LogP contribution >= 0.6 is 0 Å². The Labute approximate surface area is 100 Å². The summed E-state index contributed by atoms with van der Waals surface area (Å²) in [6.07, 6.45) is 5.03. The summed E-state index contributed by atoms with van der Waals surface area (Å²) in [6.45, 7) is 1.96. The molecular formula is C13H15N3O. The fourth-order valence-corrected chi connectivity index (χ4v) is 2.07. The van der Waals surface area contributed by atoms with Gasteiger partial charge in [-0.25, -0.2) is 4.68 Å². The Morgan fingerprint density at radius 3 is 3.00 bits per heavy atom. The Bertz CT molecular complexity index is 475. The van der Waals surface area contributed by atoms with Crippen molar-refractivity contribution in [2.45, 2.75) is 12.5 Å². The van der Waals surface area contributed by atoms with E-state index in [-0.39, 0.29) is 6.10 Å². The molecular weight excluding hydrogens is 214 g/mol. The molecule has 1 aromatic carbocycles. The van der Waals surface area contributed by atoms with E-state index in [9.17, 15) is 0 Å². The molecule has 1 fully saturated rings. The number of nitrogens with one attached hydrogen (secondary N) is 1. The van der Waals surface area contributed by atoms with Gasteiger partial charge >= 0.3 is 0 Å². The van der Waals surface area contributed by atoms with E-state index in [1.165, 1.54) is 0 Å². The van der Waals surface area contributed by atoms with Crippen LogP contribution in [-0.4, -0.2) is 29.0 Å². The molecule has 88 valence electrons. The summed E-state index contributed by atoms with van der Waals surface area (Å²) in [5.74, 6) is 0.893. The summed E-state index contributed by atoms with van der Waals surface area (Å²) in [5.41, 5.74) is 0.990. The van der Waals surface area contributed by atoms with Gasteiger partial charge in [-0.1, -0.05) is 12.1 Å². The lowest BCUT2D eigenvalue weighted by Gasteiger charge is -2.15. The summed E-state index contributed by atoms with van der Waals surface area (Å²) in [5, 5.41) is 7.54. The summed E-state index contributed by atoms with van der Waals surface area (Å²) < 4.78 is 7.84. The van der Waals surface area contributed by atoms with Crippen molar-refractivity contribution in [3.05, 3.63) is 42.7 Å². The van der Waals surface area contributed by atoms with E-state index in [4.69, 9.17) is 4.74 Å². The van der Waals surface area contributed by atoms with Gasteiger partial charge in [0.1, 0.15) is 17.5 Å². The molecule has 1 atom stereocenters. The number of hydrogen-bond donors (Lipinski definition) is 1. The van der Waals surface area contributed by atoms with Crippen LogP contribution in [0, 0.1) is 0 Å². The molecule has 3 rings (SSSR count). The lowest BCUT2D eigenvalue weighted by atomic mass is 10.2. The number of hydrogen-bond acceptors (Lipinski definition) is 3. The standard InChI is InChI=1S/C13H15N3O/c1-2-5-13(17-11-6-8-14-10-11)12(4-1)16-9-3-7-15-16/h1-5,7,9,11,14H,6,8,10H2. The molecule has 1 saturated heterocycles. The molecule has 0 bridgehead atoms. The molecule has 1 aliphatic rings. The molecule has 4 heteroatoms. The highest BCUT2D eigenvalue weighted by Gasteiger charge is 2.17. The predicted octanol–water partition coefficient (Wildman–Crippen LogP) is 1.61. The quantitative estimate of drug-likeness (QED) is 0.869. The van der Waals surface area contributed by atoms with Crippen LogP contribution in [0.15, 0.2) is 42.7 Å². The monoisotopic (exact) mass is 229 g/mol. The van der Waals surface area contributed by atoms with Gasteiger partial charge < -0.3 is 10.1 Å². The topological polar surface area (TPSA) is 39.1 Å². The van der Waals surface area contributed by atoms with Gasteiger partial charge in [0.2, 0.25) is 0 Å². The number of para-hydroxylation sites is 2. The molecule has 4 nitrogen and oxygen atoms in total. The molecule has 0 aliphatic carbocycles. The second kappa shape index (κ2) is 4.59. The van der Waals surface area contributed by atoms with Gasteiger partial charge in [0.15, 0.2) is 0 Å². The Kier molecular flexibility index (Phi) is 2.80. The SMILES string of the molecule is c1ccc(-n2cccn2)c(OC2CCNC2)c1. The highest BCUT2D eigenvalue weighted by Crippen LogP contribution is 2.23. The second-order valence-electron chi connectivity index (χ2n) is 4.15. The van der Waals surface area contributed by atoms with Crippen molar-refractivity contribution in [2.75, 3.05) is 13.1 Å². The van der Waals surface area contributed by atoms with Gasteiger partial charge in [0.05, 0.1) is 0 Å². The van der Waals surface area contributed by atoms with E-state index in [1.807, 2.05) is 41.2 Å². The van der Waals surface area contributed by atoms with Gasteiger partial charge in [0, 0.05) is 18.9 Å². The number of benzene rings is 1. The van der Waals surface area contributed by atoms with E-state index in [1.54, 1.807) is 6.20 Å². The predicted molar refractivity (Wildman–Crippen MR) is 65.5 cm³/mol. The van der Waals surface area contributed by atoms with Crippen molar-refractivity contribution in [1.29, 1.82) is 0 Å². The van der Waals surface area contributed by atoms with Crippen LogP contribution in [0.1, 0.15) is 6.42 Å². The minimum absolute atomic E-state index is 0.270. The maximum atomic E-state index is 6.01. The Balaban J connectivity index is 1.88. The minimum Gasteiger partial charge on any atom is -0.487 e. The largest absolute Gasteiger partial charge is 0.487 e. The second-order valence-corrected chi connectivity index (χ2v) is 4.15. The first-order chi connectivity index (χ1) is 8.43. The zero-order valence-electron chi connectivity index (χ0n) is 9.54. The molecule has 1 N–H and O–H groups in total. The molecule has 0 radical (unpaired) electrons. The Morgan fingerprint density at radius 2 is 2.24 bits per heavy atom. The van der Waals surface area contributed by atoms with Crippen molar-refractivity contribution in [2.24, 2.45) is 0 Å². The molecule has 0 saturated carbocycles. The van der Waals surface area contributed by atoms with E-state index in [0.717, 1.165) is 30.9 Å². The summed E-state index contributed by atoms with van der Waals surface area (Å²) in [6, 6.07) is 9.91. The van der Waals surface area contributed by atoms with Crippen molar-refractivity contribution in [1.82, 2.24) is 15.1 Å². The van der Waals surface area contributed by atoms with Crippen LogP contribution in [0.25, 0.3) is 5.69 Å². The van der Waals surface area contributed by atoms with E-state index < -0.39 is 0 Å². The van der Waals surface area contributed by atoms with Crippen LogP contribution in [-0.2, 0) is 0 Å². The normalized spacial score (nSPS) is 19.4. The third-order valence-corrected chi connectivity index (χ3v) is 2.93. The first-order valence-electron chi connectivity index (χ1n) is 5.90. The van der Waals surface area contributed by atoms with Crippen LogP contribution in [0.3, 0.4) is 0 Å². The maximum absolute atomic E-state index is 6.01. The van der Waals surface area contributed by atoms with E-state index >= 15 is 0 Å². The lowest BCUT2D eigenvalue weighted by Crippen LogP contribution is -2.20. The zero-order chi connectivity index (χ0) is 11.5. The molecule has 1 unspecified atom stereocenters. The smallest absolute Gasteiger partial charge is 0.145 e. The van der Waals surface area contributed by atoms with Crippen LogP contribution in [0.5, 0.6) is 5.75 Å². The van der Waals surface area contributed by atoms with E-state index in [2.05, 4.69) is 10.4 Å². The molecule has 2 heterocycles. The molecule has 17 heavy (non-hydrogen) atoms. The van der Waals surface area contributed by atoms with Crippen LogP contribution in [0.4, 0.5) is 0 Å². The van der Waals surface area contributed by atoms with Crippen molar-refractivity contribution in [3.8, 4) is 11.4 Å². The number of rotatable bonds is 3. The summed E-state index contributed by atoms with van der Waals surface area (Å²) in [7, 11) is 0. The van der Waals surface area contributed by atoms with Crippen LogP contribution in [0.2, 0.25) is 0 Å². The molecule has 1 aromatic heterocycles. The molecule has 0 spiro atoms. The van der Waals surface area contributed by atoms with Gasteiger partial charge in [-0.3, -0.25) is 0 Å². The van der Waals surface area contributed by atoms with Gasteiger partial charge in [-0.2, -0.15) is 5.10 Å². The highest BCUT2D eigenvalue weighted by molar-refractivity contribution is 5.45. The third-order valence-electron chi connectivity index (χ3n) is 2.93. The summed E-state index contributed by atoms with van der Waals surface area (Å²) >= 11 is 0. The lowest BCUT2D eigenvalue weighted by molar-refractivity contribution is 0.222. The highest BCUT2D eigenvalue weighted by atomic mass is 16.5. The minimum atomic E-state index is 0.270. The van der Waals surface area contributed by atoms with Crippen LogP contribution < -0.4 is 10.1 Å². The number of ether oxygens (including phenoxy) is 1. The number of aromatic nitrogens is 2. The van der Waals surface area contributed by atoms with Crippen molar-refractivity contribution >= 4 is 0 Å².